The molecule has 0 radical (unpaired) electrons. The Hall–Kier alpha value is -2.41. The molecule has 0 amide bonds. The third kappa shape index (κ3) is 4.83. The van der Waals surface area contributed by atoms with Crippen molar-refractivity contribution in [3.8, 4) is 22.3 Å². The number of aryl methyl sites for hydroxylation is 2. The van der Waals surface area contributed by atoms with Crippen molar-refractivity contribution in [3.05, 3.63) is 83.2 Å². The summed E-state index contributed by atoms with van der Waals surface area (Å²) in [5.74, 6) is 0.519. The first-order valence-electron chi connectivity index (χ1n) is 11.7. The predicted molar refractivity (Wildman–Crippen MR) is 126 cm³/mol. The van der Waals surface area contributed by atoms with Crippen molar-refractivity contribution in [3.63, 3.8) is 0 Å². The summed E-state index contributed by atoms with van der Waals surface area (Å²) in [7, 11) is 0. The van der Waals surface area contributed by atoms with E-state index >= 15 is 0 Å². The van der Waals surface area contributed by atoms with E-state index in [9.17, 15) is 4.39 Å². The Morgan fingerprint density at radius 2 is 1.30 bits per heavy atom. The number of unbranched alkanes of at least 4 members (excludes halogenated alkanes) is 2. The first-order chi connectivity index (χ1) is 14.7. The van der Waals surface area contributed by atoms with Gasteiger partial charge in [0.1, 0.15) is 5.82 Å². The summed E-state index contributed by atoms with van der Waals surface area (Å²) in [6.45, 7) is 4.41. The molecule has 0 aromatic heterocycles. The lowest BCUT2D eigenvalue weighted by Gasteiger charge is -2.14. The molecule has 0 nitrogen and oxygen atoms in total. The van der Waals surface area contributed by atoms with Gasteiger partial charge in [-0.15, -0.1) is 0 Å². The maximum absolute atomic E-state index is 14.9. The number of halogens is 1. The Labute approximate surface area is 181 Å². The summed E-state index contributed by atoms with van der Waals surface area (Å²) in [5.41, 5.74) is 8.19. The monoisotopic (exact) mass is 400 g/mol. The van der Waals surface area contributed by atoms with Gasteiger partial charge in [-0.1, -0.05) is 81.3 Å². The van der Waals surface area contributed by atoms with Crippen molar-refractivity contribution < 1.29 is 4.39 Å². The van der Waals surface area contributed by atoms with E-state index < -0.39 is 0 Å². The van der Waals surface area contributed by atoms with E-state index in [4.69, 9.17) is 0 Å². The average Bonchev–Trinajstić information content (AvgIpc) is 3.62. The standard InChI is InChI=1S/C29H33F/c1-3-5-7-21-9-12-23(13-10-21)26-18-16-25(20-28(26)24-14-15-24)27-17-11-22(8-6-4-2)19-29(27)30/h9-13,16-20,24H,3-8,14-15H2,1-2H3. The maximum atomic E-state index is 14.9. The molecule has 0 bridgehead atoms. The summed E-state index contributed by atoms with van der Waals surface area (Å²) in [6, 6.07) is 21.4. The Bertz CT molecular complexity index is 980. The molecule has 1 aliphatic carbocycles. The van der Waals surface area contributed by atoms with Gasteiger partial charge in [0.15, 0.2) is 0 Å². The number of hydrogen-bond donors (Lipinski definition) is 0. The quantitative estimate of drug-likeness (QED) is 0.337. The Morgan fingerprint density at radius 3 is 1.93 bits per heavy atom. The predicted octanol–water partition coefficient (Wildman–Crippen LogP) is 8.72. The van der Waals surface area contributed by atoms with Crippen LogP contribution in [0.5, 0.6) is 0 Å². The van der Waals surface area contributed by atoms with Gasteiger partial charge in [-0.2, -0.15) is 0 Å². The number of benzene rings is 3. The second-order valence-electron chi connectivity index (χ2n) is 8.79. The molecule has 30 heavy (non-hydrogen) atoms. The fourth-order valence-corrected chi connectivity index (χ4v) is 4.29. The molecule has 0 heterocycles. The van der Waals surface area contributed by atoms with Crippen LogP contribution >= 0.6 is 0 Å². The van der Waals surface area contributed by atoms with E-state index in [2.05, 4.69) is 62.4 Å². The minimum absolute atomic E-state index is 0.0987. The van der Waals surface area contributed by atoms with Gasteiger partial charge in [-0.3, -0.25) is 0 Å². The highest BCUT2D eigenvalue weighted by Crippen LogP contribution is 2.46. The fraction of sp³-hybridized carbons (Fsp3) is 0.379. The normalized spacial score (nSPS) is 13.6. The molecule has 0 N–H and O–H groups in total. The van der Waals surface area contributed by atoms with Gasteiger partial charge in [-0.05, 0) is 83.9 Å². The highest BCUT2D eigenvalue weighted by molar-refractivity contribution is 5.75. The Balaban J connectivity index is 1.63. The molecule has 0 spiro atoms. The zero-order chi connectivity index (χ0) is 20.9. The van der Waals surface area contributed by atoms with Gasteiger partial charge in [0, 0.05) is 5.56 Å². The van der Waals surface area contributed by atoms with Crippen LogP contribution in [0, 0.1) is 5.82 Å². The average molecular weight is 401 g/mol. The molecule has 1 saturated carbocycles. The molecule has 3 aromatic rings. The Kier molecular flexibility index (Phi) is 6.67. The second kappa shape index (κ2) is 9.60. The minimum Gasteiger partial charge on any atom is -0.206 e. The van der Waals surface area contributed by atoms with Gasteiger partial charge in [0.2, 0.25) is 0 Å². The van der Waals surface area contributed by atoms with Crippen LogP contribution in [0.15, 0.2) is 60.7 Å². The summed E-state index contributed by atoms with van der Waals surface area (Å²) in [6.07, 6.45) is 9.29. The van der Waals surface area contributed by atoms with Crippen molar-refractivity contribution in [2.45, 2.75) is 71.1 Å². The van der Waals surface area contributed by atoms with E-state index in [-0.39, 0.29) is 5.82 Å². The molecular weight excluding hydrogens is 367 g/mol. The zero-order valence-corrected chi connectivity index (χ0v) is 18.4. The van der Waals surface area contributed by atoms with Crippen molar-refractivity contribution in [1.29, 1.82) is 0 Å². The molecular formula is C29H33F. The summed E-state index contributed by atoms with van der Waals surface area (Å²) in [5, 5.41) is 0. The molecule has 0 atom stereocenters. The molecule has 0 aliphatic heterocycles. The van der Waals surface area contributed by atoms with Gasteiger partial charge in [0.25, 0.3) is 0 Å². The van der Waals surface area contributed by atoms with Crippen LogP contribution in [0.3, 0.4) is 0 Å². The SMILES string of the molecule is CCCCc1ccc(-c2ccc(-c3ccc(CCCC)cc3F)cc2C2CC2)cc1. The van der Waals surface area contributed by atoms with E-state index in [0.29, 0.717) is 5.92 Å². The molecule has 1 heteroatoms. The fourth-order valence-electron chi connectivity index (χ4n) is 4.29. The van der Waals surface area contributed by atoms with Gasteiger partial charge in [0.05, 0.1) is 0 Å². The van der Waals surface area contributed by atoms with Crippen LogP contribution in [0.4, 0.5) is 4.39 Å². The van der Waals surface area contributed by atoms with Crippen LogP contribution in [0.2, 0.25) is 0 Å². The topological polar surface area (TPSA) is 0 Å². The lowest BCUT2D eigenvalue weighted by atomic mass is 9.91. The molecule has 0 saturated heterocycles. The molecule has 1 aliphatic rings. The smallest absolute Gasteiger partial charge is 0.131 e. The lowest BCUT2D eigenvalue weighted by Crippen LogP contribution is -1.93. The van der Waals surface area contributed by atoms with Crippen LogP contribution in [-0.4, -0.2) is 0 Å². The highest BCUT2D eigenvalue weighted by Gasteiger charge is 2.27. The van der Waals surface area contributed by atoms with E-state index in [0.717, 1.165) is 42.4 Å². The van der Waals surface area contributed by atoms with Crippen molar-refractivity contribution in [2.24, 2.45) is 0 Å². The summed E-state index contributed by atoms with van der Waals surface area (Å²) >= 11 is 0. The summed E-state index contributed by atoms with van der Waals surface area (Å²) < 4.78 is 14.9. The largest absolute Gasteiger partial charge is 0.206 e. The molecule has 156 valence electrons. The number of hydrogen-bond acceptors (Lipinski definition) is 0. The third-order valence-electron chi connectivity index (χ3n) is 6.32. The van der Waals surface area contributed by atoms with Crippen LogP contribution in [0.1, 0.15) is 75.0 Å². The molecule has 3 aromatic carbocycles. The first-order valence-corrected chi connectivity index (χ1v) is 11.7. The summed E-state index contributed by atoms with van der Waals surface area (Å²) in [4.78, 5) is 0. The van der Waals surface area contributed by atoms with Gasteiger partial charge in [-0.25, -0.2) is 4.39 Å². The molecule has 4 rings (SSSR count). The van der Waals surface area contributed by atoms with E-state index in [1.807, 2.05) is 6.07 Å². The first kappa shape index (κ1) is 20.8. The number of rotatable bonds is 9. The minimum atomic E-state index is -0.0987. The zero-order valence-electron chi connectivity index (χ0n) is 18.4. The van der Waals surface area contributed by atoms with Crippen molar-refractivity contribution in [2.75, 3.05) is 0 Å². The van der Waals surface area contributed by atoms with Gasteiger partial charge < -0.3 is 0 Å². The highest BCUT2D eigenvalue weighted by atomic mass is 19.1. The molecule has 0 unspecified atom stereocenters. The molecule has 1 fully saturated rings. The third-order valence-corrected chi connectivity index (χ3v) is 6.32. The maximum Gasteiger partial charge on any atom is 0.131 e. The van der Waals surface area contributed by atoms with Crippen LogP contribution in [-0.2, 0) is 12.8 Å². The Morgan fingerprint density at radius 1 is 0.700 bits per heavy atom. The van der Waals surface area contributed by atoms with E-state index in [1.165, 1.54) is 47.9 Å². The van der Waals surface area contributed by atoms with Crippen LogP contribution in [0.25, 0.3) is 22.3 Å². The van der Waals surface area contributed by atoms with Gasteiger partial charge >= 0.3 is 0 Å². The van der Waals surface area contributed by atoms with E-state index in [1.54, 1.807) is 6.07 Å². The van der Waals surface area contributed by atoms with Crippen LogP contribution < -0.4 is 0 Å². The van der Waals surface area contributed by atoms with Crippen molar-refractivity contribution >= 4 is 0 Å². The lowest BCUT2D eigenvalue weighted by molar-refractivity contribution is 0.627. The van der Waals surface area contributed by atoms with Crippen molar-refractivity contribution in [1.82, 2.24) is 0 Å². The second-order valence-corrected chi connectivity index (χ2v) is 8.79.